The highest BCUT2D eigenvalue weighted by molar-refractivity contribution is 6.21. The summed E-state index contributed by atoms with van der Waals surface area (Å²) in [6, 6.07) is 6.59. The van der Waals surface area contributed by atoms with Gasteiger partial charge < -0.3 is 0 Å². The highest BCUT2D eigenvalue weighted by Crippen LogP contribution is 2.33. The number of hydrogen-bond acceptors (Lipinski definition) is 0. The van der Waals surface area contributed by atoms with Crippen molar-refractivity contribution in [2.24, 2.45) is 11.3 Å². The predicted molar refractivity (Wildman–Crippen MR) is 73.4 cm³/mol. The van der Waals surface area contributed by atoms with E-state index in [-0.39, 0.29) is 11.2 Å². The van der Waals surface area contributed by atoms with Gasteiger partial charge in [0.25, 0.3) is 0 Å². The van der Waals surface area contributed by atoms with Gasteiger partial charge in [0.05, 0.1) is 0 Å². The fraction of sp³-hybridized carbons (Fsp3) is 0.571. The van der Waals surface area contributed by atoms with E-state index in [0.717, 1.165) is 18.4 Å². The van der Waals surface area contributed by atoms with Crippen molar-refractivity contribution in [2.75, 3.05) is 11.8 Å². The first-order valence-corrected chi connectivity index (χ1v) is 6.94. The van der Waals surface area contributed by atoms with E-state index in [0.29, 0.717) is 17.7 Å². The monoisotopic (exact) mass is 276 g/mol. The minimum Gasteiger partial charge on any atom is -0.207 e. The molecule has 17 heavy (non-hydrogen) atoms. The molecule has 0 heterocycles. The van der Waals surface area contributed by atoms with Gasteiger partial charge in [0.2, 0.25) is 0 Å². The van der Waals surface area contributed by atoms with E-state index in [9.17, 15) is 4.39 Å². The van der Waals surface area contributed by atoms with Crippen molar-refractivity contribution in [3.8, 4) is 0 Å². The molecule has 0 saturated carbocycles. The first kappa shape index (κ1) is 14.8. The molecule has 0 atom stereocenters. The molecular weight excluding hydrogens is 258 g/mol. The minimum atomic E-state index is -0.208. The van der Waals surface area contributed by atoms with E-state index in [1.165, 1.54) is 12.1 Å². The van der Waals surface area contributed by atoms with Crippen molar-refractivity contribution < 1.29 is 4.39 Å². The number of alkyl halides is 2. The average molecular weight is 277 g/mol. The number of hydrogen-bond donors (Lipinski definition) is 0. The molecule has 0 spiro atoms. The van der Waals surface area contributed by atoms with Crippen LogP contribution in [-0.4, -0.2) is 11.8 Å². The van der Waals surface area contributed by atoms with Gasteiger partial charge in [0, 0.05) is 17.2 Å². The van der Waals surface area contributed by atoms with Crippen LogP contribution in [0.15, 0.2) is 24.3 Å². The van der Waals surface area contributed by atoms with Crippen LogP contribution in [0.5, 0.6) is 0 Å². The van der Waals surface area contributed by atoms with Crippen LogP contribution >= 0.6 is 23.2 Å². The molecular formula is C14H19Cl2F. The Labute approximate surface area is 113 Å². The Morgan fingerprint density at radius 1 is 1.12 bits per heavy atom. The molecule has 3 heteroatoms. The third-order valence-corrected chi connectivity index (χ3v) is 4.03. The summed E-state index contributed by atoms with van der Waals surface area (Å²) >= 11 is 12.2. The molecule has 0 unspecified atom stereocenters. The van der Waals surface area contributed by atoms with E-state index < -0.39 is 0 Å². The summed E-state index contributed by atoms with van der Waals surface area (Å²) in [5.74, 6) is 1.41. The summed E-state index contributed by atoms with van der Waals surface area (Å²) in [5, 5.41) is 0. The van der Waals surface area contributed by atoms with Crippen LogP contribution in [0, 0.1) is 17.2 Å². The van der Waals surface area contributed by atoms with E-state index in [1.54, 1.807) is 0 Å². The zero-order chi connectivity index (χ0) is 12.9. The molecule has 1 rings (SSSR count). The lowest BCUT2D eigenvalue weighted by atomic mass is 9.78. The third kappa shape index (κ3) is 4.48. The number of rotatable bonds is 6. The van der Waals surface area contributed by atoms with Crippen molar-refractivity contribution in [2.45, 2.75) is 26.7 Å². The lowest BCUT2D eigenvalue weighted by Gasteiger charge is -2.31. The third-order valence-electron chi connectivity index (χ3n) is 2.90. The van der Waals surface area contributed by atoms with Crippen LogP contribution in [0.1, 0.15) is 25.8 Å². The highest BCUT2D eigenvalue weighted by atomic mass is 35.5. The first-order chi connectivity index (χ1) is 8.01. The van der Waals surface area contributed by atoms with Crippen LogP contribution in [0.4, 0.5) is 4.39 Å². The summed E-state index contributed by atoms with van der Waals surface area (Å²) in [7, 11) is 0. The van der Waals surface area contributed by atoms with E-state index in [1.807, 2.05) is 12.1 Å². The molecule has 0 radical (unpaired) electrons. The normalized spacial score (nSPS) is 12.1. The lowest BCUT2D eigenvalue weighted by Crippen LogP contribution is -2.30. The molecule has 1 aromatic rings. The fourth-order valence-corrected chi connectivity index (χ4v) is 2.91. The Morgan fingerprint density at radius 3 is 2.06 bits per heavy atom. The summed E-state index contributed by atoms with van der Waals surface area (Å²) in [5.41, 5.74) is 1.00. The molecule has 0 aromatic heterocycles. The molecule has 0 N–H and O–H groups in total. The van der Waals surface area contributed by atoms with E-state index in [4.69, 9.17) is 23.2 Å². The second kappa shape index (κ2) is 6.61. The second-order valence-electron chi connectivity index (χ2n) is 5.17. The van der Waals surface area contributed by atoms with Crippen LogP contribution in [0.2, 0.25) is 0 Å². The van der Waals surface area contributed by atoms with Crippen molar-refractivity contribution in [1.82, 2.24) is 0 Å². The predicted octanol–water partition coefficient (Wildman–Crippen LogP) is 4.88. The Kier molecular flexibility index (Phi) is 5.75. The average Bonchev–Trinajstić information content (AvgIpc) is 2.30. The van der Waals surface area contributed by atoms with Gasteiger partial charge in [0.1, 0.15) is 5.82 Å². The van der Waals surface area contributed by atoms with Crippen LogP contribution < -0.4 is 0 Å². The Balaban J connectivity index is 2.82. The summed E-state index contributed by atoms with van der Waals surface area (Å²) in [6.07, 6.45) is 1.79. The topological polar surface area (TPSA) is 0 Å². The summed E-state index contributed by atoms with van der Waals surface area (Å²) in [6.45, 7) is 4.33. The van der Waals surface area contributed by atoms with Gasteiger partial charge in [-0.3, -0.25) is 0 Å². The van der Waals surface area contributed by atoms with Gasteiger partial charge in [-0.05, 0) is 36.5 Å². The van der Waals surface area contributed by atoms with Crippen molar-refractivity contribution in [3.05, 3.63) is 35.6 Å². The maximum atomic E-state index is 12.8. The van der Waals surface area contributed by atoms with E-state index >= 15 is 0 Å². The van der Waals surface area contributed by atoms with Gasteiger partial charge in [-0.25, -0.2) is 4.39 Å². The molecule has 0 aliphatic heterocycles. The molecule has 0 aliphatic carbocycles. The summed E-state index contributed by atoms with van der Waals surface area (Å²) in [4.78, 5) is 0. The maximum absolute atomic E-state index is 12.8. The number of benzene rings is 1. The van der Waals surface area contributed by atoms with Crippen LogP contribution in [0.3, 0.4) is 0 Å². The van der Waals surface area contributed by atoms with Gasteiger partial charge in [-0.2, -0.15) is 0 Å². The quantitative estimate of drug-likeness (QED) is 0.650. The minimum absolute atomic E-state index is 0.0882. The standard InChI is InChI=1S/C14H19Cl2F/c1-11(2)7-14(9-15,10-16)8-12-3-5-13(17)6-4-12/h3-6,11H,7-10H2,1-2H3. The molecule has 0 nitrogen and oxygen atoms in total. The molecule has 0 saturated heterocycles. The molecule has 0 bridgehead atoms. The van der Waals surface area contributed by atoms with Gasteiger partial charge >= 0.3 is 0 Å². The second-order valence-corrected chi connectivity index (χ2v) is 5.70. The fourth-order valence-electron chi connectivity index (χ4n) is 2.21. The molecule has 0 amide bonds. The Hall–Kier alpha value is -0.270. The lowest BCUT2D eigenvalue weighted by molar-refractivity contribution is 0.295. The number of halogens is 3. The molecule has 0 fully saturated rings. The smallest absolute Gasteiger partial charge is 0.123 e. The Morgan fingerprint density at radius 2 is 1.65 bits per heavy atom. The van der Waals surface area contributed by atoms with Gasteiger partial charge in [0.15, 0.2) is 0 Å². The highest BCUT2D eigenvalue weighted by Gasteiger charge is 2.29. The van der Waals surface area contributed by atoms with Gasteiger partial charge in [-0.15, -0.1) is 23.2 Å². The molecule has 96 valence electrons. The zero-order valence-corrected chi connectivity index (χ0v) is 11.9. The first-order valence-electron chi connectivity index (χ1n) is 5.88. The van der Waals surface area contributed by atoms with Crippen LogP contribution in [-0.2, 0) is 6.42 Å². The van der Waals surface area contributed by atoms with Gasteiger partial charge in [-0.1, -0.05) is 26.0 Å². The maximum Gasteiger partial charge on any atom is 0.123 e. The van der Waals surface area contributed by atoms with Crippen molar-refractivity contribution >= 4 is 23.2 Å². The van der Waals surface area contributed by atoms with Crippen LogP contribution in [0.25, 0.3) is 0 Å². The summed E-state index contributed by atoms with van der Waals surface area (Å²) < 4.78 is 12.8. The van der Waals surface area contributed by atoms with Crippen molar-refractivity contribution in [1.29, 1.82) is 0 Å². The molecule has 0 aliphatic rings. The molecule has 1 aromatic carbocycles. The van der Waals surface area contributed by atoms with E-state index in [2.05, 4.69) is 13.8 Å². The Bertz CT molecular complexity index is 329. The zero-order valence-electron chi connectivity index (χ0n) is 10.3. The SMILES string of the molecule is CC(C)CC(CCl)(CCl)Cc1ccc(F)cc1. The van der Waals surface area contributed by atoms with Crippen molar-refractivity contribution in [3.63, 3.8) is 0 Å². The largest absolute Gasteiger partial charge is 0.207 e.